The first-order valence-electron chi connectivity index (χ1n) is 5.86. The molecule has 0 bridgehead atoms. The Bertz CT molecular complexity index is 260. The molecule has 0 unspecified atom stereocenters. The van der Waals surface area contributed by atoms with Crippen LogP contribution in [0.5, 0.6) is 0 Å². The van der Waals surface area contributed by atoms with Gasteiger partial charge in [-0.1, -0.05) is 27.4 Å². The largest absolute Gasteiger partial charge is 0.366 e. The highest BCUT2D eigenvalue weighted by Gasteiger charge is 2.36. The van der Waals surface area contributed by atoms with Crippen molar-refractivity contribution in [3.63, 3.8) is 0 Å². The Kier molecular flexibility index (Phi) is 3.58. The average Bonchev–Trinajstić information content (AvgIpc) is 2.17. The van der Waals surface area contributed by atoms with Crippen LogP contribution in [0.4, 0.5) is 0 Å². The van der Waals surface area contributed by atoms with E-state index in [-0.39, 0.29) is 11.3 Å². The Morgan fingerprint density at radius 3 is 2.20 bits per heavy atom. The third-order valence-electron chi connectivity index (χ3n) is 4.10. The number of hydrogen-bond donors (Lipinski definition) is 1. The van der Waals surface area contributed by atoms with Gasteiger partial charge in [-0.3, -0.25) is 4.79 Å². The molecule has 0 spiro atoms. The molecule has 2 nitrogen and oxygen atoms in total. The Hall–Kier alpha value is -0.790. The molecule has 15 heavy (non-hydrogen) atoms. The van der Waals surface area contributed by atoms with E-state index >= 15 is 0 Å². The second-order valence-electron chi connectivity index (χ2n) is 5.48. The van der Waals surface area contributed by atoms with Gasteiger partial charge >= 0.3 is 0 Å². The van der Waals surface area contributed by atoms with Crippen LogP contribution in [0.3, 0.4) is 0 Å². The molecule has 0 saturated heterocycles. The molecule has 0 aliphatic heterocycles. The molecule has 0 aromatic rings. The van der Waals surface area contributed by atoms with Gasteiger partial charge in [0.25, 0.3) is 0 Å². The molecule has 86 valence electrons. The van der Waals surface area contributed by atoms with Gasteiger partial charge in [-0.15, -0.1) is 0 Å². The summed E-state index contributed by atoms with van der Waals surface area (Å²) in [5, 5.41) is 0. The number of rotatable bonds is 3. The lowest BCUT2D eigenvalue weighted by Gasteiger charge is -2.39. The molecule has 0 radical (unpaired) electrons. The van der Waals surface area contributed by atoms with E-state index in [2.05, 4.69) is 27.4 Å². The lowest BCUT2D eigenvalue weighted by molar-refractivity contribution is -0.115. The normalized spacial score (nSPS) is 31.6. The smallest absolute Gasteiger partial charge is 0.244 e. The van der Waals surface area contributed by atoms with Crippen LogP contribution in [0.1, 0.15) is 46.5 Å². The fourth-order valence-electron chi connectivity index (χ4n) is 2.54. The van der Waals surface area contributed by atoms with Gasteiger partial charge < -0.3 is 5.73 Å². The van der Waals surface area contributed by atoms with Crippen molar-refractivity contribution in [2.24, 2.45) is 23.0 Å². The number of nitrogens with two attached hydrogens (primary N) is 1. The minimum Gasteiger partial charge on any atom is -0.366 e. The molecular weight excluding hydrogens is 186 g/mol. The van der Waals surface area contributed by atoms with Crippen molar-refractivity contribution in [3.8, 4) is 0 Å². The van der Waals surface area contributed by atoms with Crippen LogP contribution in [0.2, 0.25) is 0 Å². The number of amides is 1. The number of hydrogen-bond acceptors (Lipinski definition) is 1. The van der Waals surface area contributed by atoms with E-state index in [1.807, 2.05) is 0 Å². The van der Waals surface area contributed by atoms with Crippen LogP contribution in [-0.2, 0) is 4.79 Å². The van der Waals surface area contributed by atoms with E-state index in [1.54, 1.807) is 0 Å². The van der Waals surface area contributed by atoms with Crippen LogP contribution < -0.4 is 5.73 Å². The van der Waals surface area contributed by atoms with Crippen molar-refractivity contribution in [1.29, 1.82) is 0 Å². The van der Waals surface area contributed by atoms with Crippen molar-refractivity contribution in [2.75, 3.05) is 0 Å². The van der Waals surface area contributed by atoms with Crippen molar-refractivity contribution in [3.05, 3.63) is 12.2 Å². The molecule has 1 amide bonds. The van der Waals surface area contributed by atoms with E-state index in [0.29, 0.717) is 5.57 Å². The van der Waals surface area contributed by atoms with Gasteiger partial charge in [-0.25, -0.2) is 0 Å². The van der Waals surface area contributed by atoms with Crippen molar-refractivity contribution in [2.45, 2.75) is 46.5 Å². The first-order chi connectivity index (χ1) is 6.87. The van der Waals surface area contributed by atoms with Gasteiger partial charge in [0.05, 0.1) is 0 Å². The van der Waals surface area contributed by atoms with E-state index in [0.717, 1.165) is 24.7 Å². The van der Waals surface area contributed by atoms with Gasteiger partial charge in [0.1, 0.15) is 0 Å². The Balaban J connectivity index is 2.62. The first kappa shape index (κ1) is 12.3. The Morgan fingerprint density at radius 2 is 1.87 bits per heavy atom. The van der Waals surface area contributed by atoms with Crippen LogP contribution in [-0.4, -0.2) is 5.91 Å². The van der Waals surface area contributed by atoms with Gasteiger partial charge in [0.15, 0.2) is 0 Å². The molecule has 1 aliphatic rings. The quantitative estimate of drug-likeness (QED) is 0.714. The average molecular weight is 209 g/mol. The summed E-state index contributed by atoms with van der Waals surface area (Å²) in [7, 11) is 0. The molecule has 1 saturated carbocycles. The van der Waals surface area contributed by atoms with Gasteiger partial charge in [-0.05, 0) is 42.9 Å². The second-order valence-corrected chi connectivity index (χ2v) is 5.48. The van der Waals surface area contributed by atoms with Gasteiger partial charge in [0.2, 0.25) is 5.91 Å². The number of carbonyl (C=O) groups excluding carboxylic acids is 1. The van der Waals surface area contributed by atoms with Crippen LogP contribution >= 0.6 is 0 Å². The van der Waals surface area contributed by atoms with Crippen LogP contribution in [0.15, 0.2) is 12.2 Å². The Labute approximate surface area is 92.9 Å². The highest BCUT2D eigenvalue weighted by Crippen LogP contribution is 2.45. The third kappa shape index (κ3) is 2.61. The topological polar surface area (TPSA) is 43.1 Å². The summed E-state index contributed by atoms with van der Waals surface area (Å²) in [5.41, 5.74) is 5.88. The summed E-state index contributed by atoms with van der Waals surface area (Å²) < 4.78 is 0. The zero-order valence-electron chi connectivity index (χ0n) is 10.2. The van der Waals surface area contributed by atoms with Crippen molar-refractivity contribution in [1.82, 2.24) is 0 Å². The lowest BCUT2D eigenvalue weighted by atomic mass is 9.66. The maximum atomic E-state index is 11.1. The molecule has 0 atom stereocenters. The van der Waals surface area contributed by atoms with E-state index in [1.165, 1.54) is 12.8 Å². The zero-order chi connectivity index (χ0) is 11.6. The molecule has 1 aliphatic carbocycles. The zero-order valence-corrected chi connectivity index (χ0v) is 10.2. The summed E-state index contributed by atoms with van der Waals surface area (Å²) in [5.74, 6) is 1.22. The molecule has 2 heteroatoms. The van der Waals surface area contributed by atoms with E-state index in [4.69, 9.17) is 5.73 Å². The summed E-state index contributed by atoms with van der Waals surface area (Å²) in [4.78, 5) is 11.1. The predicted molar refractivity (Wildman–Crippen MR) is 63.2 cm³/mol. The monoisotopic (exact) mass is 209 g/mol. The highest BCUT2D eigenvalue weighted by molar-refractivity contribution is 5.92. The van der Waals surface area contributed by atoms with Crippen LogP contribution in [0.25, 0.3) is 0 Å². The molecule has 2 N–H and O–H groups in total. The molecule has 0 aromatic heterocycles. The first-order valence-corrected chi connectivity index (χ1v) is 5.86. The predicted octanol–water partition coefficient (Wildman–Crippen LogP) is 2.88. The molecule has 1 rings (SSSR count). The SMILES string of the molecule is C=C(C(N)=O)C1(C)CCC(C(C)C)CC1. The number of primary amides is 1. The fraction of sp³-hybridized carbons (Fsp3) is 0.769. The standard InChI is InChI=1S/C13H23NO/c1-9(2)11-5-7-13(4,8-6-11)10(3)12(14)15/h9,11H,3,5-8H2,1-2,4H3,(H2,14,15). The van der Waals surface area contributed by atoms with Gasteiger partial charge in [0, 0.05) is 5.57 Å². The summed E-state index contributed by atoms with van der Waals surface area (Å²) >= 11 is 0. The Morgan fingerprint density at radius 1 is 1.40 bits per heavy atom. The molecule has 0 aromatic carbocycles. The summed E-state index contributed by atoms with van der Waals surface area (Å²) in [6.07, 6.45) is 4.50. The molecule has 0 heterocycles. The highest BCUT2D eigenvalue weighted by atomic mass is 16.1. The van der Waals surface area contributed by atoms with E-state index < -0.39 is 0 Å². The summed E-state index contributed by atoms with van der Waals surface area (Å²) in [6.45, 7) is 10.5. The lowest BCUT2D eigenvalue weighted by Crippen LogP contribution is -2.33. The van der Waals surface area contributed by atoms with Crippen LogP contribution in [0, 0.1) is 17.3 Å². The third-order valence-corrected chi connectivity index (χ3v) is 4.10. The molecular formula is C13H23NO. The minimum atomic E-state index is -0.333. The minimum absolute atomic E-state index is 0.0444. The maximum Gasteiger partial charge on any atom is 0.244 e. The number of carbonyl (C=O) groups is 1. The van der Waals surface area contributed by atoms with Gasteiger partial charge in [-0.2, -0.15) is 0 Å². The summed E-state index contributed by atoms with van der Waals surface area (Å²) in [6, 6.07) is 0. The van der Waals surface area contributed by atoms with Crippen molar-refractivity contribution < 1.29 is 4.79 Å². The second kappa shape index (κ2) is 4.38. The molecule has 1 fully saturated rings. The fourth-order valence-corrected chi connectivity index (χ4v) is 2.54. The maximum absolute atomic E-state index is 11.1. The van der Waals surface area contributed by atoms with Crippen molar-refractivity contribution >= 4 is 5.91 Å². The van der Waals surface area contributed by atoms with E-state index in [9.17, 15) is 4.79 Å².